The maximum absolute atomic E-state index is 13.9. The smallest absolute Gasteiger partial charge is 0.186 e. The van der Waals surface area contributed by atoms with Gasteiger partial charge in [-0.15, -0.1) is 5.10 Å². The fraction of sp³-hybridized carbons (Fsp3) is 0.125. The average molecular weight is 504 g/mol. The highest BCUT2D eigenvalue weighted by Gasteiger charge is 2.27. The van der Waals surface area contributed by atoms with Gasteiger partial charge in [0, 0.05) is 11.0 Å². The van der Waals surface area contributed by atoms with Crippen LogP contribution in [-0.4, -0.2) is 26.6 Å². The Morgan fingerprint density at radius 3 is 1.59 bits per heavy atom. The van der Waals surface area contributed by atoms with Crippen molar-refractivity contribution in [1.82, 2.24) is 15.0 Å². The van der Waals surface area contributed by atoms with Crippen molar-refractivity contribution in [2.75, 3.05) is 0 Å². The number of Topliss-reactive ketones (excluding diaryl/α,β-unsaturated/α-hetero) is 1. The summed E-state index contributed by atoms with van der Waals surface area (Å²) in [6, 6.07) is 38.8. The molecular weight excluding hydrogens is 473 g/mol. The number of aromatic nitrogens is 3. The molecule has 0 aliphatic heterocycles. The predicted octanol–water partition coefficient (Wildman–Crippen LogP) is 5.54. The summed E-state index contributed by atoms with van der Waals surface area (Å²) in [6.45, 7) is 4.04. The Bertz CT molecular complexity index is 1450. The molecule has 1 aromatic heterocycles. The lowest BCUT2D eigenvalue weighted by molar-refractivity contribution is 0.107. The third-order valence-corrected chi connectivity index (χ3v) is 10.5. The highest BCUT2D eigenvalue weighted by molar-refractivity contribution is 7.95. The molecule has 0 unspecified atom stereocenters. The lowest BCUT2D eigenvalue weighted by Gasteiger charge is -2.28. The third-order valence-electron chi connectivity index (χ3n) is 6.52. The van der Waals surface area contributed by atoms with Crippen molar-refractivity contribution >= 4 is 34.4 Å². The predicted molar refractivity (Wildman–Crippen MR) is 156 cm³/mol. The minimum atomic E-state index is -2.37. The molecule has 37 heavy (non-hydrogen) atoms. The molecular formula is C32H30N3OP. The van der Waals surface area contributed by atoms with Crippen LogP contribution in [0.15, 0.2) is 121 Å². The van der Waals surface area contributed by atoms with Crippen molar-refractivity contribution in [2.45, 2.75) is 26.2 Å². The van der Waals surface area contributed by atoms with E-state index in [-0.39, 0.29) is 11.2 Å². The van der Waals surface area contributed by atoms with Crippen molar-refractivity contribution in [1.29, 1.82) is 0 Å². The summed E-state index contributed by atoms with van der Waals surface area (Å²) in [7, 11) is 0. The maximum atomic E-state index is 13.9. The van der Waals surface area contributed by atoms with E-state index >= 15 is 0 Å². The number of ketones is 1. The second-order valence-electron chi connectivity index (χ2n) is 10.1. The molecule has 0 fully saturated rings. The van der Waals surface area contributed by atoms with Gasteiger partial charge in [-0.25, -0.2) is 4.68 Å². The molecule has 0 spiro atoms. The van der Waals surface area contributed by atoms with Gasteiger partial charge in [-0.05, 0) is 52.9 Å². The molecule has 0 aliphatic carbocycles. The molecule has 184 valence electrons. The zero-order chi connectivity index (χ0) is 25.9. The van der Waals surface area contributed by atoms with Gasteiger partial charge in [-0.2, -0.15) is 0 Å². The minimum absolute atomic E-state index is 0.00563. The first-order valence-corrected chi connectivity index (χ1v) is 14.2. The first-order chi connectivity index (χ1) is 17.9. The monoisotopic (exact) mass is 503 g/mol. The van der Waals surface area contributed by atoms with Crippen LogP contribution in [0.1, 0.15) is 36.8 Å². The standard InChI is InChI=1S/C32H30N3OP/c1-32(2,3)31-23-33-34-35(31)26-21-19-25(20-22-26)30(36)24-37(27-13-7-4-8-14-27,28-15-9-5-10-16-28)29-17-11-6-12-18-29/h4-24H,1-3H3. The van der Waals surface area contributed by atoms with Crippen molar-refractivity contribution in [3.63, 3.8) is 0 Å². The number of nitrogens with zero attached hydrogens (tertiary/aromatic N) is 3. The van der Waals surface area contributed by atoms with Gasteiger partial charge in [0.1, 0.15) is 0 Å². The lowest BCUT2D eigenvalue weighted by Crippen LogP contribution is -2.28. The van der Waals surface area contributed by atoms with Crippen molar-refractivity contribution in [3.8, 4) is 5.69 Å². The van der Waals surface area contributed by atoms with Crippen LogP contribution >= 0.6 is 6.89 Å². The van der Waals surface area contributed by atoms with Crippen LogP contribution in [-0.2, 0) is 5.41 Å². The number of carbonyl (C=O) groups excluding carboxylic acids is 1. The number of rotatable bonds is 6. The van der Waals surface area contributed by atoms with Gasteiger partial charge in [0.05, 0.1) is 17.6 Å². The van der Waals surface area contributed by atoms with Crippen LogP contribution in [0.25, 0.3) is 5.69 Å². The molecule has 1 heterocycles. The number of hydrogen-bond donors (Lipinski definition) is 0. The van der Waals surface area contributed by atoms with Crippen LogP contribution in [0.2, 0.25) is 0 Å². The van der Waals surface area contributed by atoms with Gasteiger partial charge in [0.2, 0.25) is 0 Å². The Morgan fingerprint density at radius 2 is 1.16 bits per heavy atom. The quantitative estimate of drug-likeness (QED) is 0.226. The van der Waals surface area contributed by atoms with E-state index in [9.17, 15) is 4.79 Å². The van der Waals surface area contributed by atoms with Gasteiger partial charge in [-0.3, -0.25) is 4.79 Å². The molecule has 0 bridgehead atoms. The normalized spacial score (nSPS) is 11.8. The molecule has 0 aliphatic rings. The summed E-state index contributed by atoms with van der Waals surface area (Å²) in [5.41, 5.74) is 2.44. The highest BCUT2D eigenvalue weighted by Crippen LogP contribution is 2.43. The first-order valence-electron chi connectivity index (χ1n) is 12.4. The van der Waals surface area contributed by atoms with Crippen molar-refractivity contribution < 1.29 is 4.79 Å². The SMILES string of the molecule is CC(C)(C)c1cnnn1-c1ccc(C(=O)C=P(c2ccccc2)(c2ccccc2)c2ccccc2)cc1. The van der Waals surface area contributed by atoms with Crippen LogP contribution < -0.4 is 15.9 Å². The van der Waals surface area contributed by atoms with Crippen LogP contribution in [0.5, 0.6) is 0 Å². The molecule has 5 rings (SSSR count). The van der Waals surface area contributed by atoms with Gasteiger partial charge < -0.3 is 0 Å². The molecule has 0 saturated heterocycles. The molecule has 5 heteroatoms. The lowest BCUT2D eigenvalue weighted by atomic mass is 9.92. The summed E-state index contributed by atoms with van der Waals surface area (Å²) >= 11 is 0. The van der Waals surface area contributed by atoms with Crippen LogP contribution in [0, 0.1) is 0 Å². The van der Waals surface area contributed by atoms with Gasteiger partial charge in [-0.1, -0.05) is 117 Å². The maximum Gasteiger partial charge on any atom is 0.186 e. The molecule has 4 nitrogen and oxygen atoms in total. The number of hydrogen-bond acceptors (Lipinski definition) is 3. The molecule has 0 saturated carbocycles. The second kappa shape index (κ2) is 10.2. The molecule has 0 N–H and O–H groups in total. The second-order valence-corrected chi connectivity index (χ2v) is 13.3. The highest BCUT2D eigenvalue weighted by atomic mass is 31.2. The first kappa shape index (κ1) is 24.7. The van der Waals surface area contributed by atoms with E-state index in [0.717, 1.165) is 27.3 Å². The van der Waals surface area contributed by atoms with Gasteiger partial charge >= 0.3 is 0 Å². The third kappa shape index (κ3) is 4.85. The average Bonchev–Trinajstić information content (AvgIpc) is 3.44. The van der Waals surface area contributed by atoms with E-state index in [2.05, 4.69) is 67.5 Å². The number of carbonyl (C=O) groups is 1. The Kier molecular flexibility index (Phi) is 6.78. The fourth-order valence-corrected chi connectivity index (χ4v) is 8.38. The van der Waals surface area contributed by atoms with Crippen molar-refractivity contribution in [2.24, 2.45) is 0 Å². The molecule has 5 aromatic rings. The number of benzene rings is 4. The fourth-order valence-electron chi connectivity index (χ4n) is 4.61. The summed E-state index contributed by atoms with van der Waals surface area (Å²) in [4.78, 5) is 13.9. The zero-order valence-electron chi connectivity index (χ0n) is 21.3. The van der Waals surface area contributed by atoms with Crippen LogP contribution in [0.4, 0.5) is 0 Å². The van der Waals surface area contributed by atoms with Crippen LogP contribution in [0.3, 0.4) is 0 Å². The molecule has 0 radical (unpaired) electrons. The van der Waals surface area contributed by atoms with E-state index < -0.39 is 6.89 Å². The summed E-state index contributed by atoms with van der Waals surface area (Å²) < 4.78 is 1.84. The Morgan fingerprint density at radius 1 is 0.703 bits per heavy atom. The topological polar surface area (TPSA) is 47.8 Å². The summed E-state index contributed by atoms with van der Waals surface area (Å²) in [5.74, 6) is 1.98. The minimum Gasteiger partial charge on any atom is -0.289 e. The molecule has 0 atom stereocenters. The Hall–Kier alpha value is -4.01. The Labute approximate surface area is 218 Å². The summed E-state index contributed by atoms with van der Waals surface area (Å²) in [6.07, 6.45) is 1.80. The van der Waals surface area contributed by atoms with E-state index in [0.29, 0.717) is 5.56 Å². The summed E-state index contributed by atoms with van der Waals surface area (Å²) in [5, 5.41) is 11.8. The molecule has 0 amide bonds. The largest absolute Gasteiger partial charge is 0.289 e. The van der Waals surface area contributed by atoms with Crippen molar-refractivity contribution in [3.05, 3.63) is 133 Å². The van der Waals surface area contributed by atoms with Gasteiger partial charge in [0.25, 0.3) is 0 Å². The zero-order valence-corrected chi connectivity index (χ0v) is 22.2. The van der Waals surface area contributed by atoms with E-state index in [4.69, 9.17) is 0 Å². The van der Waals surface area contributed by atoms with Gasteiger partial charge in [0.15, 0.2) is 5.78 Å². The Balaban J connectivity index is 1.66. The van der Waals surface area contributed by atoms with E-state index in [1.807, 2.05) is 89.3 Å². The molecule has 4 aromatic carbocycles. The van der Waals surface area contributed by atoms with E-state index in [1.54, 1.807) is 6.20 Å². The van der Waals surface area contributed by atoms with E-state index in [1.165, 1.54) is 0 Å².